The van der Waals surface area contributed by atoms with Crippen LogP contribution in [0.15, 0.2) is 29.8 Å². The molecule has 2 rings (SSSR count). The lowest BCUT2D eigenvalue weighted by atomic mass is 10.1. The fraction of sp³-hybridized carbons (Fsp3) is 0.421. The normalized spacial score (nSPS) is 20.2. The minimum absolute atomic E-state index is 0.0666. The molecule has 0 bridgehead atoms. The molecule has 2 atom stereocenters. The third-order valence-electron chi connectivity index (χ3n) is 3.87. The molecule has 138 valence electrons. The molecule has 1 fully saturated rings. The minimum Gasteiger partial charge on any atom is -0.497 e. The number of amides is 1. The van der Waals surface area contributed by atoms with Gasteiger partial charge in [0.25, 0.3) is 5.91 Å². The lowest BCUT2D eigenvalue weighted by molar-refractivity contribution is -0.154. The molecule has 1 aromatic carbocycles. The SMILES string of the molecule is COc1ccc(C=C(C#N)C(=O)OCC(=O)N2CC(C)OC(C)C2)cc1. The van der Waals surface area contributed by atoms with Crippen LogP contribution in [-0.4, -0.2) is 55.8 Å². The first-order valence-electron chi connectivity index (χ1n) is 8.29. The van der Waals surface area contributed by atoms with Crippen LogP contribution in [0.4, 0.5) is 0 Å². The van der Waals surface area contributed by atoms with Crippen molar-refractivity contribution in [1.82, 2.24) is 4.90 Å². The number of morpholine rings is 1. The summed E-state index contributed by atoms with van der Waals surface area (Å²) < 4.78 is 15.6. The van der Waals surface area contributed by atoms with E-state index in [1.165, 1.54) is 6.08 Å². The van der Waals surface area contributed by atoms with E-state index in [1.54, 1.807) is 42.3 Å². The van der Waals surface area contributed by atoms with Gasteiger partial charge < -0.3 is 19.1 Å². The number of esters is 1. The van der Waals surface area contributed by atoms with Gasteiger partial charge in [0.2, 0.25) is 0 Å². The van der Waals surface area contributed by atoms with Crippen LogP contribution in [0, 0.1) is 11.3 Å². The molecular formula is C19H22N2O5. The number of methoxy groups -OCH3 is 1. The zero-order valence-corrected chi connectivity index (χ0v) is 15.1. The average Bonchev–Trinajstić information content (AvgIpc) is 2.63. The van der Waals surface area contributed by atoms with Crippen molar-refractivity contribution < 1.29 is 23.8 Å². The summed E-state index contributed by atoms with van der Waals surface area (Å²) in [5.41, 5.74) is 0.480. The zero-order valence-electron chi connectivity index (χ0n) is 15.1. The van der Waals surface area contributed by atoms with Gasteiger partial charge in [0.15, 0.2) is 6.61 Å². The van der Waals surface area contributed by atoms with Gasteiger partial charge in [-0.05, 0) is 37.6 Å². The highest BCUT2D eigenvalue weighted by Gasteiger charge is 2.26. The molecule has 26 heavy (non-hydrogen) atoms. The Labute approximate surface area is 152 Å². The number of nitrogens with zero attached hydrogens (tertiary/aromatic N) is 2. The molecule has 1 heterocycles. The molecule has 0 spiro atoms. The first kappa shape index (κ1) is 19.5. The van der Waals surface area contributed by atoms with Gasteiger partial charge in [-0.3, -0.25) is 4.79 Å². The highest BCUT2D eigenvalue weighted by atomic mass is 16.5. The van der Waals surface area contributed by atoms with E-state index < -0.39 is 12.6 Å². The summed E-state index contributed by atoms with van der Waals surface area (Å²) in [7, 11) is 1.55. The van der Waals surface area contributed by atoms with Crippen LogP contribution in [0.3, 0.4) is 0 Å². The first-order chi connectivity index (χ1) is 12.4. The molecule has 1 amide bonds. The summed E-state index contributed by atoms with van der Waals surface area (Å²) in [5, 5.41) is 9.19. The summed E-state index contributed by atoms with van der Waals surface area (Å²) in [6.07, 6.45) is 1.27. The van der Waals surface area contributed by atoms with Crippen molar-refractivity contribution in [2.24, 2.45) is 0 Å². The van der Waals surface area contributed by atoms with Crippen LogP contribution in [0.1, 0.15) is 19.4 Å². The Hall–Kier alpha value is -2.85. The molecule has 0 aliphatic carbocycles. The first-order valence-corrected chi connectivity index (χ1v) is 8.29. The Balaban J connectivity index is 1.95. The second-order valence-electron chi connectivity index (χ2n) is 6.08. The lowest BCUT2D eigenvalue weighted by Crippen LogP contribution is -2.49. The van der Waals surface area contributed by atoms with Gasteiger partial charge in [-0.2, -0.15) is 5.26 Å². The average molecular weight is 358 g/mol. The highest BCUT2D eigenvalue weighted by molar-refractivity contribution is 5.98. The van der Waals surface area contributed by atoms with Crippen LogP contribution in [0.5, 0.6) is 5.75 Å². The zero-order chi connectivity index (χ0) is 19.1. The Kier molecular flexibility index (Phi) is 6.75. The van der Waals surface area contributed by atoms with Crippen LogP contribution < -0.4 is 4.74 Å². The molecule has 2 unspecified atom stereocenters. The van der Waals surface area contributed by atoms with Crippen LogP contribution in [0.2, 0.25) is 0 Å². The molecule has 0 saturated carbocycles. The largest absolute Gasteiger partial charge is 0.497 e. The van der Waals surface area contributed by atoms with Crippen molar-refractivity contribution in [2.75, 3.05) is 26.8 Å². The Morgan fingerprint density at radius 1 is 1.27 bits per heavy atom. The summed E-state index contributed by atoms with van der Waals surface area (Å²) in [5.74, 6) is -0.462. The molecule has 0 radical (unpaired) electrons. The molecule has 1 aliphatic rings. The van der Waals surface area contributed by atoms with E-state index in [4.69, 9.17) is 14.2 Å². The number of rotatable bonds is 5. The van der Waals surface area contributed by atoms with E-state index in [0.29, 0.717) is 24.4 Å². The molecule has 1 saturated heterocycles. The van der Waals surface area contributed by atoms with E-state index in [1.807, 2.05) is 13.8 Å². The Bertz CT molecular complexity index is 710. The summed E-state index contributed by atoms with van der Waals surface area (Å²) >= 11 is 0. The van der Waals surface area contributed by atoms with Crippen molar-refractivity contribution in [3.63, 3.8) is 0 Å². The van der Waals surface area contributed by atoms with E-state index in [9.17, 15) is 14.9 Å². The maximum Gasteiger partial charge on any atom is 0.349 e. The van der Waals surface area contributed by atoms with Gasteiger partial charge in [0, 0.05) is 13.1 Å². The summed E-state index contributed by atoms with van der Waals surface area (Å²) in [6.45, 7) is 4.27. The van der Waals surface area contributed by atoms with Crippen molar-refractivity contribution >= 4 is 18.0 Å². The van der Waals surface area contributed by atoms with Gasteiger partial charge in [0.1, 0.15) is 17.4 Å². The van der Waals surface area contributed by atoms with E-state index in [2.05, 4.69) is 0 Å². The van der Waals surface area contributed by atoms with Gasteiger partial charge in [0.05, 0.1) is 19.3 Å². The number of ether oxygens (including phenoxy) is 3. The van der Waals surface area contributed by atoms with E-state index in [-0.39, 0.29) is 23.7 Å². The predicted molar refractivity (Wildman–Crippen MR) is 94.1 cm³/mol. The van der Waals surface area contributed by atoms with Crippen molar-refractivity contribution in [3.8, 4) is 11.8 Å². The number of hydrogen-bond acceptors (Lipinski definition) is 6. The van der Waals surface area contributed by atoms with Crippen molar-refractivity contribution in [3.05, 3.63) is 35.4 Å². The molecule has 0 N–H and O–H groups in total. The highest BCUT2D eigenvalue weighted by Crippen LogP contribution is 2.15. The maximum atomic E-state index is 12.2. The Morgan fingerprint density at radius 3 is 2.42 bits per heavy atom. The summed E-state index contributed by atoms with van der Waals surface area (Å²) in [6, 6.07) is 8.67. The molecule has 7 heteroatoms. The smallest absolute Gasteiger partial charge is 0.349 e. The summed E-state index contributed by atoms with van der Waals surface area (Å²) in [4.78, 5) is 25.9. The van der Waals surface area contributed by atoms with Crippen LogP contribution >= 0.6 is 0 Å². The number of carbonyl (C=O) groups is 2. The second kappa shape index (κ2) is 9.02. The van der Waals surface area contributed by atoms with Gasteiger partial charge in [-0.25, -0.2) is 4.79 Å². The third kappa shape index (κ3) is 5.33. The van der Waals surface area contributed by atoms with Gasteiger partial charge >= 0.3 is 5.97 Å². The number of nitriles is 1. The molecule has 7 nitrogen and oxygen atoms in total. The molecule has 1 aliphatic heterocycles. The molecule has 0 aromatic heterocycles. The Morgan fingerprint density at radius 2 is 1.88 bits per heavy atom. The maximum absolute atomic E-state index is 12.2. The van der Waals surface area contributed by atoms with Gasteiger partial charge in [-0.15, -0.1) is 0 Å². The molecule has 1 aromatic rings. The van der Waals surface area contributed by atoms with Crippen molar-refractivity contribution in [2.45, 2.75) is 26.1 Å². The van der Waals surface area contributed by atoms with Crippen molar-refractivity contribution in [1.29, 1.82) is 5.26 Å². The fourth-order valence-electron chi connectivity index (χ4n) is 2.68. The van der Waals surface area contributed by atoms with Crippen LogP contribution in [0.25, 0.3) is 6.08 Å². The van der Waals surface area contributed by atoms with Crippen LogP contribution in [-0.2, 0) is 19.1 Å². The number of carbonyl (C=O) groups excluding carboxylic acids is 2. The monoisotopic (exact) mass is 358 g/mol. The number of hydrogen-bond donors (Lipinski definition) is 0. The van der Waals surface area contributed by atoms with E-state index >= 15 is 0 Å². The van der Waals surface area contributed by atoms with E-state index in [0.717, 1.165) is 0 Å². The standard InChI is InChI=1S/C19H22N2O5/c1-13-10-21(11-14(2)26-13)18(22)12-25-19(23)16(9-20)8-15-4-6-17(24-3)7-5-15/h4-8,13-14H,10-12H2,1-3H3. The third-order valence-corrected chi connectivity index (χ3v) is 3.87. The lowest BCUT2D eigenvalue weighted by Gasteiger charge is -2.35. The predicted octanol–water partition coefficient (Wildman–Crippen LogP) is 1.78. The van der Waals surface area contributed by atoms with Gasteiger partial charge in [-0.1, -0.05) is 12.1 Å². The molecular weight excluding hydrogens is 336 g/mol. The second-order valence-corrected chi connectivity index (χ2v) is 6.08. The number of benzene rings is 1. The topological polar surface area (TPSA) is 88.9 Å². The fourth-order valence-corrected chi connectivity index (χ4v) is 2.68. The quantitative estimate of drug-likeness (QED) is 0.453. The minimum atomic E-state index is -0.828.